The predicted octanol–water partition coefficient (Wildman–Crippen LogP) is 5.19. The number of nitrogens with zero attached hydrogens (tertiary/aromatic N) is 1. The highest BCUT2D eigenvalue weighted by molar-refractivity contribution is 7.85. The quantitative estimate of drug-likeness (QED) is 0.162. The molecule has 0 bridgehead atoms. The lowest BCUT2D eigenvalue weighted by molar-refractivity contribution is -0.137. The molecular weight excluding hydrogens is 512 g/mol. The molecule has 0 aliphatic heterocycles. The van der Waals surface area contributed by atoms with Crippen LogP contribution in [-0.4, -0.2) is 27.2 Å². The molecule has 4 aromatic rings. The van der Waals surface area contributed by atoms with Gasteiger partial charge in [0, 0.05) is 21.8 Å². The summed E-state index contributed by atoms with van der Waals surface area (Å²) in [5.41, 5.74) is 9.37. The van der Waals surface area contributed by atoms with Gasteiger partial charge in [0.2, 0.25) is 0 Å². The van der Waals surface area contributed by atoms with Crippen molar-refractivity contribution in [3.63, 3.8) is 0 Å². The van der Waals surface area contributed by atoms with Crippen molar-refractivity contribution >= 4 is 40.0 Å². The number of nitrogens with two attached hydrogens (primary N) is 1. The molecule has 0 fully saturated rings. The molecule has 0 saturated carbocycles. The smallest absolute Gasteiger partial charge is 0.304 e. The summed E-state index contributed by atoms with van der Waals surface area (Å²) in [5.74, 6) is -1.06. The largest absolute Gasteiger partial charge is 0.481 e. The first-order chi connectivity index (χ1) is 18.9. The molecule has 39 heavy (non-hydrogen) atoms. The molecule has 1 amide bonds. The van der Waals surface area contributed by atoms with Gasteiger partial charge in [0.15, 0.2) is 5.96 Å². The molecule has 0 aromatic heterocycles. The average molecular weight is 541 g/mol. The Morgan fingerprint density at radius 3 is 1.97 bits per heavy atom. The van der Waals surface area contributed by atoms with Crippen LogP contribution in [0, 0.1) is 0 Å². The number of carbonyl (C=O) groups is 2. The van der Waals surface area contributed by atoms with E-state index in [1.54, 1.807) is 72.8 Å². The number of amides is 1. The van der Waals surface area contributed by atoms with Crippen LogP contribution >= 0.6 is 0 Å². The third-order valence-electron chi connectivity index (χ3n) is 5.83. The first-order valence-electron chi connectivity index (χ1n) is 12.2. The number of carbonyl (C=O) groups excluding carboxylic acids is 1. The molecule has 0 aliphatic carbocycles. The number of carboxylic acids is 1. The molecule has 4 aromatic carbocycles. The van der Waals surface area contributed by atoms with Gasteiger partial charge in [-0.15, -0.1) is 0 Å². The molecule has 0 spiro atoms. The maximum Gasteiger partial charge on any atom is 0.304 e. The Balaban J connectivity index is 1.36. The van der Waals surface area contributed by atoms with Gasteiger partial charge in [-0.3, -0.25) is 13.8 Å². The SMILES string of the molecule is NC(=NCc1ccccc1)Nc1ccc(C(=O)Nc2ccc(S(=O)C(CC(=O)O)c3ccccc3)cc2)cc1. The fourth-order valence-corrected chi connectivity index (χ4v) is 5.27. The van der Waals surface area contributed by atoms with Crippen molar-refractivity contribution in [1.82, 2.24) is 0 Å². The minimum atomic E-state index is -1.59. The number of aliphatic imine (C=N–C) groups is 1. The maximum atomic E-state index is 13.2. The molecule has 5 N–H and O–H groups in total. The van der Waals surface area contributed by atoms with Gasteiger partial charge in [-0.05, 0) is 59.7 Å². The highest BCUT2D eigenvalue weighted by Crippen LogP contribution is 2.29. The summed E-state index contributed by atoms with van der Waals surface area (Å²) >= 11 is 0. The number of hydrogen-bond acceptors (Lipinski definition) is 4. The summed E-state index contributed by atoms with van der Waals surface area (Å²) in [6.45, 7) is 0.457. The lowest BCUT2D eigenvalue weighted by Crippen LogP contribution is -2.22. The van der Waals surface area contributed by atoms with E-state index in [1.807, 2.05) is 36.4 Å². The molecule has 0 aliphatic rings. The van der Waals surface area contributed by atoms with Crippen molar-refractivity contribution in [2.45, 2.75) is 23.1 Å². The van der Waals surface area contributed by atoms with Crippen LogP contribution < -0.4 is 16.4 Å². The van der Waals surface area contributed by atoms with Crippen LogP contribution in [0.5, 0.6) is 0 Å². The normalized spacial score (nSPS) is 12.8. The Labute approximate surface area is 229 Å². The van der Waals surface area contributed by atoms with Crippen LogP contribution in [0.1, 0.15) is 33.2 Å². The van der Waals surface area contributed by atoms with E-state index in [4.69, 9.17) is 5.73 Å². The summed E-state index contributed by atoms with van der Waals surface area (Å²) in [4.78, 5) is 28.9. The Hall–Kier alpha value is -4.76. The van der Waals surface area contributed by atoms with E-state index in [-0.39, 0.29) is 18.3 Å². The topological polar surface area (TPSA) is 134 Å². The van der Waals surface area contributed by atoms with Gasteiger partial charge in [-0.25, -0.2) is 4.99 Å². The number of anilines is 2. The van der Waals surface area contributed by atoms with E-state index in [1.165, 1.54) is 0 Å². The number of aliphatic carboxylic acids is 1. The Kier molecular flexibility index (Phi) is 9.20. The summed E-state index contributed by atoms with van der Waals surface area (Å²) < 4.78 is 13.2. The second-order valence-corrected chi connectivity index (χ2v) is 10.3. The highest BCUT2D eigenvalue weighted by Gasteiger charge is 2.23. The number of benzene rings is 4. The van der Waals surface area contributed by atoms with Crippen molar-refractivity contribution in [2.24, 2.45) is 10.7 Å². The average Bonchev–Trinajstić information content (AvgIpc) is 2.96. The number of guanidine groups is 1. The molecule has 2 unspecified atom stereocenters. The van der Waals surface area contributed by atoms with Crippen LogP contribution in [0.2, 0.25) is 0 Å². The lowest BCUT2D eigenvalue weighted by Gasteiger charge is -2.15. The minimum Gasteiger partial charge on any atom is -0.481 e. The zero-order chi connectivity index (χ0) is 27.6. The minimum absolute atomic E-state index is 0.259. The van der Waals surface area contributed by atoms with E-state index in [0.29, 0.717) is 33.9 Å². The third kappa shape index (κ3) is 7.86. The zero-order valence-electron chi connectivity index (χ0n) is 21.0. The van der Waals surface area contributed by atoms with Crippen LogP contribution in [0.25, 0.3) is 0 Å². The van der Waals surface area contributed by atoms with Crippen LogP contribution in [0.15, 0.2) is 119 Å². The molecule has 0 radical (unpaired) electrons. The third-order valence-corrected chi connectivity index (χ3v) is 7.52. The number of rotatable bonds is 10. The van der Waals surface area contributed by atoms with Gasteiger partial charge in [-0.2, -0.15) is 0 Å². The predicted molar refractivity (Wildman–Crippen MR) is 154 cm³/mol. The first-order valence-corrected chi connectivity index (χ1v) is 13.4. The van der Waals surface area contributed by atoms with Gasteiger partial charge in [-0.1, -0.05) is 60.7 Å². The van der Waals surface area contributed by atoms with E-state index in [9.17, 15) is 18.9 Å². The molecule has 0 heterocycles. The molecule has 198 valence electrons. The van der Waals surface area contributed by atoms with Crippen LogP contribution in [0.3, 0.4) is 0 Å². The van der Waals surface area contributed by atoms with E-state index < -0.39 is 22.0 Å². The first kappa shape index (κ1) is 27.3. The standard InChI is InChI=1S/C30H28N4O4S/c31-30(32-20-21-7-3-1-4-8-21)34-25-13-11-23(12-14-25)29(37)33-24-15-17-26(18-16-24)39(38)27(19-28(35)36)22-9-5-2-6-10-22/h1-18,27H,19-20H2,(H,33,37)(H,35,36)(H3,31,32,34). The number of carboxylic acid groups (broad SMARTS) is 1. The Morgan fingerprint density at radius 2 is 1.36 bits per heavy atom. The van der Waals surface area contributed by atoms with Gasteiger partial charge < -0.3 is 21.5 Å². The van der Waals surface area contributed by atoms with E-state index in [0.717, 1.165) is 5.56 Å². The number of hydrogen-bond donors (Lipinski definition) is 4. The van der Waals surface area contributed by atoms with E-state index in [2.05, 4.69) is 15.6 Å². The highest BCUT2D eigenvalue weighted by atomic mass is 32.2. The molecular formula is C30H28N4O4S. The van der Waals surface area contributed by atoms with Gasteiger partial charge in [0.05, 0.1) is 29.0 Å². The van der Waals surface area contributed by atoms with Crippen molar-refractivity contribution in [1.29, 1.82) is 0 Å². The summed E-state index contributed by atoms with van der Waals surface area (Å²) in [6, 6.07) is 32.1. The Morgan fingerprint density at radius 1 is 0.795 bits per heavy atom. The van der Waals surface area contributed by atoms with Crippen LogP contribution in [-0.2, 0) is 22.1 Å². The van der Waals surface area contributed by atoms with Gasteiger partial charge >= 0.3 is 5.97 Å². The Bertz CT molecular complexity index is 1460. The van der Waals surface area contributed by atoms with Gasteiger partial charge in [0.1, 0.15) is 0 Å². The molecule has 0 saturated heterocycles. The van der Waals surface area contributed by atoms with Crippen molar-refractivity contribution in [3.8, 4) is 0 Å². The molecule has 4 rings (SSSR count). The number of nitrogens with one attached hydrogen (secondary N) is 2. The maximum absolute atomic E-state index is 13.2. The lowest BCUT2D eigenvalue weighted by atomic mass is 10.1. The fraction of sp³-hybridized carbons (Fsp3) is 0.100. The van der Waals surface area contributed by atoms with Crippen molar-refractivity contribution in [2.75, 3.05) is 10.6 Å². The van der Waals surface area contributed by atoms with E-state index >= 15 is 0 Å². The summed E-state index contributed by atoms with van der Waals surface area (Å²) in [5, 5.41) is 14.5. The monoisotopic (exact) mass is 540 g/mol. The second kappa shape index (κ2) is 13.2. The summed E-state index contributed by atoms with van der Waals surface area (Å²) in [7, 11) is -1.59. The van der Waals surface area contributed by atoms with Crippen LogP contribution in [0.4, 0.5) is 11.4 Å². The molecule has 8 nitrogen and oxygen atoms in total. The van der Waals surface area contributed by atoms with Crippen molar-refractivity contribution < 1.29 is 18.9 Å². The molecule has 9 heteroatoms. The second-order valence-electron chi connectivity index (χ2n) is 8.66. The van der Waals surface area contributed by atoms with Crippen molar-refractivity contribution in [3.05, 3.63) is 126 Å². The van der Waals surface area contributed by atoms with Gasteiger partial charge in [0.25, 0.3) is 5.91 Å². The molecule has 2 atom stereocenters. The summed E-state index contributed by atoms with van der Waals surface area (Å²) in [6.07, 6.45) is -0.259. The fourth-order valence-electron chi connectivity index (χ4n) is 3.84. The zero-order valence-corrected chi connectivity index (χ0v) is 21.8.